The molecule has 0 saturated carbocycles. The van der Waals surface area contributed by atoms with Crippen LogP contribution in [0.2, 0.25) is 0 Å². The lowest BCUT2D eigenvalue weighted by Gasteiger charge is -2.29. The topological polar surface area (TPSA) is 117 Å². The van der Waals surface area contributed by atoms with Gasteiger partial charge in [-0.3, -0.25) is 10.2 Å². The molecule has 0 aliphatic carbocycles. The number of ether oxygens (including phenoxy) is 2. The largest absolute Gasteiger partial charge is 0.497 e. The first-order valence-electron chi connectivity index (χ1n) is 9.65. The summed E-state index contributed by atoms with van der Waals surface area (Å²) in [4.78, 5) is 23.3. The van der Waals surface area contributed by atoms with Crippen LogP contribution in [0.5, 0.6) is 5.75 Å². The first-order chi connectivity index (χ1) is 14.4. The number of hydrazine groups is 1. The van der Waals surface area contributed by atoms with E-state index in [1.807, 2.05) is 24.3 Å². The quantitative estimate of drug-likeness (QED) is 0.482. The van der Waals surface area contributed by atoms with Crippen LogP contribution in [0.15, 0.2) is 48.5 Å². The molecule has 4 N–H and O–H groups in total. The molecule has 0 radical (unpaired) electrons. The molecule has 2 aromatic carbocycles. The van der Waals surface area contributed by atoms with Crippen molar-refractivity contribution < 1.29 is 29.3 Å². The number of aliphatic hydroxyl groups is 1. The third-order valence-electron chi connectivity index (χ3n) is 5.53. The standard InChI is InChI=1S/C22H26N2O6/c1-29-16-9-3-13(4-10-16)11-18-20(21(26)24-23-18)17(12-19(25)30-2)14-5-7-15(8-6-14)22(27)28/h3-10,17-18,20-21,23-24,26H,11-12H2,1-2H3,(H,27,28). The zero-order valence-corrected chi connectivity index (χ0v) is 16.9. The molecule has 4 atom stereocenters. The molecule has 8 heteroatoms. The van der Waals surface area contributed by atoms with E-state index in [-0.39, 0.29) is 29.9 Å². The smallest absolute Gasteiger partial charge is 0.335 e. The fourth-order valence-corrected chi connectivity index (χ4v) is 3.92. The highest BCUT2D eigenvalue weighted by Gasteiger charge is 2.41. The van der Waals surface area contributed by atoms with Crippen LogP contribution in [-0.2, 0) is 16.0 Å². The first kappa shape index (κ1) is 21.8. The summed E-state index contributed by atoms with van der Waals surface area (Å²) in [7, 11) is 2.93. The van der Waals surface area contributed by atoms with Crippen LogP contribution in [0.25, 0.3) is 0 Å². The lowest BCUT2D eigenvalue weighted by molar-refractivity contribution is -0.141. The van der Waals surface area contributed by atoms with Gasteiger partial charge in [0.05, 0.1) is 26.2 Å². The number of methoxy groups -OCH3 is 2. The van der Waals surface area contributed by atoms with Crippen molar-refractivity contribution in [3.05, 3.63) is 65.2 Å². The molecule has 1 fully saturated rings. The fraction of sp³-hybridized carbons (Fsp3) is 0.364. The SMILES string of the molecule is COC(=O)CC(c1ccc(C(=O)O)cc1)C1C(O)NNC1Cc1ccc(OC)cc1. The van der Waals surface area contributed by atoms with Crippen molar-refractivity contribution in [3.63, 3.8) is 0 Å². The summed E-state index contributed by atoms with van der Waals surface area (Å²) in [6.07, 6.45) is -0.210. The summed E-state index contributed by atoms with van der Waals surface area (Å²) >= 11 is 0. The number of rotatable bonds is 8. The van der Waals surface area contributed by atoms with E-state index in [9.17, 15) is 14.7 Å². The number of carboxylic acid groups (broad SMARTS) is 1. The Balaban J connectivity index is 1.88. The van der Waals surface area contributed by atoms with Crippen molar-refractivity contribution in [2.45, 2.75) is 31.0 Å². The van der Waals surface area contributed by atoms with Crippen LogP contribution >= 0.6 is 0 Å². The van der Waals surface area contributed by atoms with E-state index in [4.69, 9.17) is 14.6 Å². The number of carboxylic acids is 1. The van der Waals surface area contributed by atoms with E-state index >= 15 is 0 Å². The van der Waals surface area contributed by atoms with E-state index in [1.165, 1.54) is 19.2 Å². The monoisotopic (exact) mass is 414 g/mol. The van der Waals surface area contributed by atoms with Crippen LogP contribution < -0.4 is 15.6 Å². The van der Waals surface area contributed by atoms with Crippen LogP contribution in [0, 0.1) is 5.92 Å². The number of benzene rings is 2. The normalized spacial score (nSPS) is 21.8. The van der Waals surface area contributed by atoms with Gasteiger partial charge in [-0.2, -0.15) is 0 Å². The predicted molar refractivity (Wildman–Crippen MR) is 109 cm³/mol. The van der Waals surface area contributed by atoms with Crippen molar-refractivity contribution in [2.75, 3.05) is 14.2 Å². The highest BCUT2D eigenvalue weighted by molar-refractivity contribution is 5.87. The Hall–Kier alpha value is -2.94. The Morgan fingerprint density at radius 3 is 2.27 bits per heavy atom. The van der Waals surface area contributed by atoms with E-state index in [1.54, 1.807) is 19.2 Å². The minimum Gasteiger partial charge on any atom is -0.497 e. The molecule has 2 aromatic rings. The van der Waals surface area contributed by atoms with Gasteiger partial charge in [-0.05, 0) is 41.8 Å². The third-order valence-corrected chi connectivity index (χ3v) is 5.53. The Kier molecular flexibility index (Phi) is 7.04. The molecule has 0 amide bonds. The van der Waals surface area contributed by atoms with Gasteiger partial charge in [-0.15, -0.1) is 0 Å². The Bertz CT molecular complexity index is 868. The van der Waals surface area contributed by atoms with Crippen LogP contribution in [0.3, 0.4) is 0 Å². The Morgan fingerprint density at radius 2 is 1.70 bits per heavy atom. The lowest BCUT2D eigenvalue weighted by Crippen LogP contribution is -2.36. The van der Waals surface area contributed by atoms with Gasteiger partial charge >= 0.3 is 11.9 Å². The maximum atomic E-state index is 12.1. The summed E-state index contributed by atoms with van der Waals surface area (Å²) in [5, 5.41) is 19.8. The van der Waals surface area contributed by atoms with Crippen LogP contribution in [0.4, 0.5) is 0 Å². The second-order valence-corrected chi connectivity index (χ2v) is 7.28. The average molecular weight is 414 g/mol. The molecule has 1 heterocycles. The summed E-state index contributed by atoms with van der Waals surface area (Å²) in [5.41, 5.74) is 7.97. The van der Waals surface area contributed by atoms with E-state index in [0.717, 1.165) is 16.9 Å². The van der Waals surface area contributed by atoms with Gasteiger partial charge in [0.25, 0.3) is 0 Å². The van der Waals surface area contributed by atoms with Gasteiger partial charge in [0.2, 0.25) is 0 Å². The highest BCUT2D eigenvalue weighted by Crippen LogP contribution is 2.36. The zero-order valence-electron chi connectivity index (χ0n) is 16.9. The van der Waals surface area contributed by atoms with Crippen molar-refractivity contribution in [1.82, 2.24) is 10.9 Å². The molecular weight excluding hydrogens is 388 g/mol. The molecule has 1 aliphatic rings. The minimum absolute atomic E-state index is 0.0626. The van der Waals surface area contributed by atoms with Gasteiger partial charge in [0.1, 0.15) is 12.0 Å². The second-order valence-electron chi connectivity index (χ2n) is 7.28. The molecule has 1 saturated heterocycles. The van der Waals surface area contributed by atoms with E-state index in [2.05, 4.69) is 10.9 Å². The van der Waals surface area contributed by atoms with Gasteiger partial charge in [-0.1, -0.05) is 24.3 Å². The number of hydrogen-bond acceptors (Lipinski definition) is 7. The number of aliphatic hydroxyl groups excluding tert-OH is 1. The Labute approximate surface area is 174 Å². The molecule has 1 aliphatic heterocycles. The molecule has 0 spiro atoms. The highest BCUT2D eigenvalue weighted by atomic mass is 16.5. The van der Waals surface area contributed by atoms with Gasteiger partial charge < -0.3 is 19.7 Å². The fourth-order valence-electron chi connectivity index (χ4n) is 3.92. The molecule has 0 bridgehead atoms. The summed E-state index contributed by atoms with van der Waals surface area (Å²) in [6, 6.07) is 13.9. The average Bonchev–Trinajstić information content (AvgIpc) is 3.12. The third kappa shape index (κ3) is 4.96. The van der Waals surface area contributed by atoms with Crippen molar-refractivity contribution in [3.8, 4) is 5.75 Å². The van der Waals surface area contributed by atoms with Crippen LogP contribution in [-0.4, -0.2) is 48.6 Å². The van der Waals surface area contributed by atoms with E-state index in [0.29, 0.717) is 6.42 Å². The van der Waals surface area contributed by atoms with Crippen LogP contribution in [0.1, 0.15) is 33.8 Å². The second kappa shape index (κ2) is 9.71. The molecular formula is C22H26N2O6. The Morgan fingerprint density at radius 1 is 1.03 bits per heavy atom. The predicted octanol–water partition coefficient (Wildman–Crippen LogP) is 1.69. The number of carbonyl (C=O) groups is 2. The van der Waals surface area contributed by atoms with Gasteiger partial charge in [-0.25, -0.2) is 10.2 Å². The molecule has 4 unspecified atom stereocenters. The first-order valence-corrected chi connectivity index (χ1v) is 9.65. The number of carbonyl (C=O) groups excluding carboxylic acids is 1. The van der Waals surface area contributed by atoms with E-state index < -0.39 is 18.2 Å². The number of hydrogen-bond donors (Lipinski definition) is 4. The van der Waals surface area contributed by atoms with Crippen molar-refractivity contribution in [1.29, 1.82) is 0 Å². The molecule has 160 valence electrons. The number of nitrogens with one attached hydrogen (secondary N) is 2. The molecule has 3 rings (SSSR count). The van der Waals surface area contributed by atoms with Gasteiger partial charge in [0.15, 0.2) is 0 Å². The van der Waals surface area contributed by atoms with Crippen molar-refractivity contribution >= 4 is 11.9 Å². The minimum atomic E-state index is -1.02. The maximum Gasteiger partial charge on any atom is 0.335 e. The zero-order chi connectivity index (χ0) is 21.7. The number of esters is 1. The molecule has 8 nitrogen and oxygen atoms in total. The lowest BCUT2D eigenvalue weighted by atomic mass is 9.77. The summed E-state index contributed by atoms with van der Waals surface area (Å²) in [6.45, 7) is 0. The number of aromatic carboxylic acids is 1. The maximum absolute atomic E-state index is 12.1. The van der Waals surface area contributed by atoms with Gasteiger partial charge in [0, 0.05) is 17.9 Å². The van der Waals surface area contributed by atoms with Crippen molar-refractivity contribution in [2.24, 2.45) is 5.92 Å². The molecule has 0 aromatic heterocycles. The molecule has 30 heavy (non-hydrogen) atoms. The summed E-state index contributed by atoms with van der Waals surface area (Å²) in [5.74, 6) is -1.38. The summed E-state index contributed by atoms with van der Waals surface area (Å²) < 4.78 is 10.1.